The number of imide groups is 1. The van der Waals surface area contributed by atoms with Crippen LogP contribution in [0.25, 0.3) is 0 Å². The maximum atomic E-state index is 12.3. The van der Waals surface area contributed by atoms with E-state index in [-0.39, 0.29) is 43.1 Å². The van der Waals surface area contributed by atoms with Crippen LogP contribution in [0.3, 0.4) is 0 Å². The van der Waals surface area contributed by atoms with Gasteiger partial charge in [-0.05, 0) is 43.7 Å². The van der Waals surface area contributed by atoms with Crippen LogP contribution in [-0.4, -0.2) is 22.6 Å². The van der Waals surface area contributed by atoms with Crippen molar-refractivity contribution >= 4 is 17.7 Å². The van der Waals surface area contributed by atoms with Crippen LogP contribution in [0.5, 0.6) is 0 Å². The molecule has 1 fully saturated rings. The largest absolute Gasteiger partial charge is 0.464 e. The Hall–Kier alpha value is -2.89. The lowest BCUT2D eigenvalue weighted by molar-refractivity contribution is -0.139. The summed E-state index contributed by atoms with van der Waals surface area (Å²) >= 11 is 0. The van der Waals surface area contributed by atoms with Gasteiger partial charge in [0, 0.05) is 18.4 Å². The number of benzene rings is 1. The summed E-state index contributed by atoms with van der Waals surface area (Å²) in [5.74, 6) is 1.00. The number of carbonyl (C=O) groups excluding carboxylic acids is 3. The highest BCUT2D eigenvalue weighted by Crippen LogP contribution is 2.18. The smallest absolute Gasteiger partial charge is 0.251 e. The summed E-state index contributed by atoms with van der Waals surface area (Å²) in [7, 11) is 0. The van der Waals surface area contributed by atoms with Crippen molar-refractivity contribution in [3.8, 4) is 0 Å². The first-order chi connectivity index (χ1) is 11.9. The summed E-state index contributed by atoms with van der Waals surface area (Å²) in [6.07, 6.45) is 0.562. The van der Waals surface area contributed by atoms with Crippen LogP contribution in [0.1, 0.15) is 53.2 Å². The van der Waals surface area contributed by atoms with E-state index in [1.54, 1.807) is 24.3 Å². The molecule has 1 atom stereocenters. The highest BCUT2D eigenvalue weighted by atomic mass is 16.3. The molecule has 0 saturated carbocycles. The number of rotatable bonds is 5. The molecule has 0 spiro atoms. The molecule has 1 N–H and O–H groups in total. The van der Waals surface area contributed by atoms with Gasteiger partial charge in [-0.15, -0.1) is 0 Å². The van der Waals surface area contributed by atoms with Crippen molar-refractivity contribution in [3.63, 3.8) is 0 Å². The molecular formula is C19H20N2O4. The van der Waals surface area contributed by atoms with Gasteiger partial charge in [-0.3, -0.25) is 19.3 Å². The van der Waals surface area contributed by atoms with Crippen molar-refractivity contribution in [1.29, 1.82) is 0 Å². The van der Waals surface area contributed by atoms with Gasteiger partial charge in [0.25, 0.3) is 5.91 Å². The van der Waals surface area contributed by atoms with Gasteiger partial charge in [0.2, 0.25) is 11.8 Å². The number of furan rings is 1. The summed E-state index contributed by atoms with van der Waals surface area (Å²) in [6, 6.07) is 10.4. The first-order valence-electron chi connectivity index (χ1n) is 8.23. The highest BCUT2D eigenvalue weighted by molar-refractivity contribution is 6.01. The molecule has 3 rings (SSSR count). The van der Waals surface area contributed by atoms with Crippen LogP contribution in [0.4, 0.5) is 0 Å². The molecule has 2 aromatic rings. The minimum Gasteiger partial charge on any atom is -0.464 e. The van der Waals surface area contributed by atoms with Gasteiger partial charge in [-0.25, -0.2) is 0 Å². The lowest BCUT2D eigenvalue weighted by Gasteiger charge is -2.14. The zero-order valence-electron chi connectivity index (χ0n) is 14.2. The molecule has 1 saturated heterocycles. The molecule has 1 aromatic heterocycles. The topological polar surface area (TPSA) is 79.6 Å². The quantitative estimate of drug-likeness (QED) is 0.849. The third-order valence-corrected chi connectivity index (χ3v) is 4.25. The number of carbonyl (C=O) groups is 3. The van der Waals surface area contributed by atoms with E-state index in [2.05, 4.69) is 5.32 Å². The zero-order chi connectivity index (χ0) is 18.0. The van der Waals surface area contributed by atoms with Crippen LogP contribution >= 0.6 is 0 Å². The summed E-state index contributed by atoms with van der Waals surface area (Å²) < 4.78 is 5.51. The number of nitrogens with one attached hydrogen (secondary N) is 1. The van der Waals surface area contributed by atoms with Crippen LogP contribution in [0.15, 0.2) is 40.8 Å². The first-order valence-corrected chi connectivity index (χ1v) is 8.23. The number of hydrogen-bond acceptors (Lipinski definition) is 4. The maximum absolute atomic E-state index is 12.3. The summed E-state index contributed by atoms with van der Waals surface area (Å²) in [6.45, 7) is 3.96. The third kappa shape index (κ3) is 3.79. The second kappa shape index (κ2) is 6.93. The molecule has 0 bridgehead atoms. The number of aryl methyl sites for hydroxylation is 1. The average molecular weight is 340 g/mol. The Morgan fingerprint density at radius 1 is 1.12 bits per heavy atom. The lowest BCUT2D eigenvalue weighted by Crippen LogP contribution is -2.28. The van der Waals surface area contributed by atoms with E-state index in [1.807, 2.05) is 26.0 Å². The average Bonchev–Trinajstić information content (AvgIpc) is 3.16. The predicted octanol–water partition coefficient (Wildman–Crippen LogP) is 2.73. The third-order valence-electron chi connectivity index (χ3n) is 4.25. The lowest BCUT2D eigenvalue weighted by atomic mass is 10.1. The fraction of sp³-hybridized carbons (Fsp3) is 0.316. The SMILES string of the molecule is Cc1ccc(C(C)NC(=O)c2ccc(CN3C(=O)CCC3=O)cc2)o1. The zero-order valence-corrected chi connectivity index (χ0v) is 14.2. The summed E-state index contributed by atoms with van der Waals surface area (Å²) in [5.41, 5.74) is 1.33. The van der Waals surface area contributed by atoms with E-state index in [4.69, 9.17) is 4.42 Å². The standard InChI is InChI=1S/C19H20N2O4/c1-12-3-8-16(25-12)13(2)20-19(24)15-6-4-14(5-7-15)11-21-17(22)9-10-18(21)23/h3-8,13H,9-11H2,1-2H3,(H,20,24). The van der Waals surface area contributed by atoms with E-state index in [0.29, 0.717) is 11.3 Å². The Bertz CT molecular complexity index is 791. The van der Waals surface area contributed by atoms with E-state index < -0.39 is 0 Å². The van der Waals surface area contributed by atoms with Crippen LogP contribution in [0.2, 0.25) is 0 Å². The molecule has 2 heterocycles. The first kappa shape index (κ1) is 17.0. The Labute approximate surface area is 145 Å². The summed E-state index contributed by atoms with van der Waals surface area (Å²) in [5, 5.41) is 2.88. The second-order valence-electron chi connectivity index (χ2n) is 6.21. The molecule has 0 radical (unpaired) electrons. The normalized spacial score (nSPS) is 15.5. The number of likely N-dealkylation sites (tertiary alicyclic amines) is 1. The molecule has 1 aromatic carbocycles. The minimum absolute atomic E-state index is 0.144. The van der Waals surface area contributed by atoms with Gasteiger partial charge in [0.05, 0.1) is 12.6 Å². The van der Waals surface area contributed by atoms with Crippen LogP contribution in [0, 0.1) is 6.92 Å². The second-order valence-corrected chi connectivity index (χ2v) is 6.21. The van der Waals surface area contributed by atoms with Gasteiger partial charge in [-0.1, -0.05) is 12.1 Å². The Morgan fingerprint density at radius 2 is 1.76 bits per heavy atom. The highest BCUT2D eigenvalue weighted by Gasteiger charge is 2.28. The maximum Gasteiger partial charge on any atom is 0.251 e. The van der Waals surface area contributed by atoms with E-state index >= 15 is 0 Å². The van der Waals surface area contributed by atoms with Crippen molar-refractivity contribution in [2.75, 3.05) is 0 Å². The van der Waals surface area contributed by atoms with E-state index in [1.165, 1.54) is 4.90 Å². The van der Waals surface area contributed by atoms with Crippen molar-refractivity contribution in [1.82, 2.24) is 10.2 Å². The Balaban J connectivity index is 1.62. The van der Waals surface area contributed by atoms with Gasteiger partial charge < -0.3 is 9.73 Å². The summed E-state index contributed by atoms with van der Waals surface area (Å²) in [4.78, 5) is 36.9. The molecule has 6 heteroatoms. The Morgan fingerprint density at radius 3 is 2.32 bits per heavy atom. The number of hydrogen-bond donors (Lipinski definition) is 1. The fourth-order valence-electron chi connectivity index (χ4n) is 2.78. The fourth-order valence-corrected chi connectivity index (χ4v) is 2.78. The van der Waals surface area contributed by atoms with Crippen molar-refractivity contribution in [3.05, 3.63) is 59.0 Å². The van der Waals surface area contributed by atoms with Gasteiger partial charge >= 0.3 is 0 Å². The van der Waals surface area contributed by atoms with E-state index in [0.717, 1.165) is 11.3 Å². The van der Waals surface area contributed by atoms with Crippen LogP contribution < -0.4 is 5.32 Å². The Kier molecular flexibility index (Phi) is 4.70. The minimum atomic E-state index is -0.235. The van der Waals surface area contributed by atoms with Crippen LogP contribution in [-0.2, 0) is 16.1 Å². The van der Waals surface area contributed by atoms with Crippen molar-refractivity contribution < 1.29 is 18.8 Å². The number of nitrogens with zero attached hydrogens (tertiary/aromatic N) is 1. The van der Waals surface area contributed by atoms with Gasteiger partial charge in [0.1, 0.15) is 11.5 Å². The molecule has 1 aliphatic rings. The molecule has 6 nitrogen and oxygen atoms in total. The number of amides is 3. The molecular weight excluding hydrogens is 320 g/mol. The molecule has 25 heavy (non-hydrogen) atoms. The van der Waals surface area contributed by atoms with Crippen molar-refractivity contribution in [2.45, 2.75) is 39.3 Å². The molecule has 0 aliphatic carbocycles. The van der Waals surface area contributed by atoms with Crippen molar-refractivity contribution in [2.24, 2.45) is 0 Å². The molecule has 1 unspecified atom stereocenters. The van der Waals surface area contributed by atoms with Gasteiger partial charge in [0.15, 0.2) is 0 Å². The van der Waals surface area contributed by atoms with E-state index in [9.17, 15) is 14.4 Å². The van der Waals surface area contributed by atoms with Gasteiger partial charge in [-0.2, -0.15) is 0 Å². The molecule has 3 amide bonds. The molecule has 130 valence electrons. The molecule has 1 aliphatic heterocycles. The monoisotopic (exact) mass is 340 g/mol. The predicted molar refractivity (Wildman–Crippen MR) is 90.6 cm³/mol.